The molecule has 3 N–H and O–H groups in total. The number of hydrogen-bond donors (Lipinski definition) is 3. The van der Waals surface area contributed by atoms with Crippen molar-refractivity contribution in [3.8, 4) is 0 Å². The number of fused-ring (bicyclic) bond motifs is 1. The molecule has 0 saturated heterocycles. The number of likely N-dealkylation sites (N-methyl/N-ethyl adjacent to an activating group) is 1. The zero-order chi connectivity index (χ0) is 13.0. The fourth-order valence-electron chi connectivity index (χ4n) is 2.25. The number of urea groups is 1. The highest BCUT2D eigenvalue weighted by Crippen LogP contribution is 2.32. The summed E-state index contributed by atoms with van der Waals surface area (Å²) in [5.74, 6) is 0. The molecule has 0 saturated carbocycles. The van der Waals surface area contributed by atoms with Crippen LogP contribution in [0.1, 0.15) is 23.6 Å². The summed E-state index contributed by atoms with van der Waals surface area (Å²) >= 11 is 5.95. The van der Waals surface area contributed by atoms with Gasteiger partial charge in [-0.05, 0) is 43.1 Å². The topological polar surface area (TPSA) is 53.2 Å². The van der Waals surface area contributed by atoms with Crippen molar-refractivity contribution in [3.63, 3.8) is 0 Å². The van der Waals surface area contributed by atoms with Crippen LogP contribution in [-0.2, 0) is 6.42 Å². The van der Waals surface area contributed by atoms with Crippen molar-refractivity contribution in [2.24, 2.45) is 0 Å². The van der Waals surface area contributed by atoms with Crippen molar-refractivity contribution in [2.45, 2.75) is 18.9 Å². The first kappa shape index (κ1) is 13.2. The monoisotopic (exact) mass is 267 g/mol. The SMILES string of the molecule is CNCCNC(=O)NC1CCc2cc(Cl)ccc21. The summed E-state index contributed by atoms with van der Waals surface area (Å²) in [6, 6.07) is 5.85. The van der Waals surface area contributed by atoms with Crippen LogP contribution in [0.2, 0.25) is 5.02 Å². The van der Waals surface area contributed by atoms with E-state index in [1.807, 2.05) is 25.2 Å². The Morgan fingerprint density at radius 3 is 3.06 bits per heavy atom. The normalized spacial score (nSPS) is 17.3. The Morgan fingerprint density at radius 1 is 1.44 bits per heavy atom. The summed E-state index contributed by atoms with van der Waals surface area (Å²) in [7, 11) is 1.86. The molecular formula is C13H18ClN3O. The molecule has 18 heavy (non-hydrogen) atoms. The van der Waals surface area contributed by atoms with Gasteiger partial charge in [0.15, 0.2) is 0 Å². The Hall–Kier alpha value is -1.26. The minimum atomic E-state index is -0.113. The Kier molecular flexibility index (Phi) is 4.44. The van der Waals surface area contributed by atoms with E-state index in [2.05, 4.69) is 16.0 Å². The summed E-state index contributed by atoms with van der Waals surface area (Å²) in [4.78, 5) is 11.7. The Morgan fingerprint density at radius 2 is 2.28 bits per heavy atom. The lowest BCUT2D eigenvalue weighted by atomic mass is 10.1. The highest BCUT2D eigenvalue weighted by atomic mass is 35.5. The van der Waals surface area contributed by atoms with Crippen molar-refractivity contribution >= 4 is 17.6 Å². The maximum atomic E-state index is 11.7. The minimum Gasteiger partial charge on any atom is -0.337 e. The zero-order valence-electron chi connectivity index (χ0n) is 10.4. The van der Waals surface area contributed by atoms with Crippen LogP contribution >= 0.6 is 11.6 Å². The lowest BCUT2D eigenvalue weighted by molar-refractivity contribution is 0.237. The van der Waals surface area contributed by atoms with Crippen molar-refractivity contribution < 1.29 is 4.79 Å². The van der Waals surface area contributed by atoms with Crippen LogP contribution in [0, 0.1) is 0 Å². The van der Waals surface area contributed by atoms with Crippen LogP contribution in [0.4, 0.5) is 4.79 Å². The van der Waals surface area contributed by atoms with Gasteiger partial charge in [-0.15, -0.1) is 0 Å². The zero-order valence-corrected chi connectivity index (χ0v) is 11.2. The second-order valence-electron chi connectivity index (χ2n) is 4.44. The van der Waals surface area contributed by atoms with E-state index in [0.29, 0.717) is 6.54 Å². The van der Waals surface area contributed by atoms with Gasteiger partial charge in [0.1, 0.15) is 0 Å². The molecule has 0 spiro atoms. The number of carbonyl (C=O) groups is 1. The minimum absolute atomic E-state index is 0.104. The van der Waals surface area contributed by atoms with E-state index in [0.717, 1.165) is 24.4 Å². The number of rotatable bonds is 4. The summed E-state index contributed by atoms with van der Waals surface area (Å²) in [6.45, 7) is 1.40. The molecule has 1 unspecified atom stereocenters. The van der Waals surface area contributed by atoms with E-state index in [9.17, 15) is 4.79 Å². The van der Waals surface area contributed by atoms with E-state index >= 15 is 0 Å². The van der Waals surface area contributed by atoms with Gasteiger partial charge >= 0.3 is 6.03 Å². The van der Waals surface area contributed by atoms with Gasteiger partial charge in [0.25, 0.3) is 0 Å². The quantitative estimate of drug-likeness (QED) is 0.730. The number of amides is 2. The lowest BCUT2D eigenvalue weighted by Gasteiger charge is -2.15. The number of hydrogen-bond acceptors (Lipinski definition) is 2. The predicted octanol–water partition coefficient (Wildman–Crippen LogP) is 1.85. The molecule has 1 aromatic carbocycles. The average Bonchev–Trinajstić information content (AvgIpc) is 2.72. The molecule has 1 aliphatic carbocycles. The van der Waals surface area contributed by atoms with Gasteiger partial charge in [-0.1, -0.05) is 17.7 Å². The van der Waals surface area contributed by atoms with E-state index in [1.54, 1.807) is 0 Å². The lowest BCUT2D eigenvalue weighted by Crippen LogP contribution is -2.40. The molecular weight excluding hydrogens is 250 g/mol. The predicted molar refractivity (Wildman–Crippen MR) is 73.0 cm³/mol. The summed E-state index contributed by atoms with van der Waals surface area (Å²) in [5, 5.41) is 9.55. The molecule has 0 heterocycles. The van der Waals surface area contributed by atoms with Gasteiger partial charge in [0, 0.05) is 18.1 Å². The third kappa shape index (κ3) is 3.15. The maximum absolute atomic E-state index is 11.7. The molecule has 4 nitrogen and oxygen atoms in total. The van der Waals surface area contributed by atoms with Crippen molar-refractivity contribution in [1.29, 1.82) is 0 Å². The highest BCUT2D eigenvalue weighted by Gasteiger charge is 2.23. The molecule has 2 rings (SSSR count). The van der Waals surface area contributed by atoms with Crippen LogP contribution < -0.4 is 16.0 Å². The van der Waals surface area contributed by atoms with Gasteiger partial charge in [0.2, 0.25) is 0 Å². The number of halogens is 1. The summed E-state index contributed by atoms with van der Waals surface area (Å²) < 4.78 is 0. The molecule has 2 amide bonds. The third-order valence-electron chi connectivity index (χ3n) is 3.15. The molecule has 0 radical (unpaired) electrons. The molecule has 0 aliphatic heterocycles. The largest absolute Gasteiger partial charge is 0.337 e. The second-order valence-corrected chi connectivity index (χ2v) is 4.87. The molecule has 1 aromatic rings. The third-order valence-corrected chi connectivity index (χ3v) is 3.38. The summed E-state index contributed by atoms with van der Waals surface area (Å²) in [5.41, 5.74) is 2.42. The van der Waals surface area contributed by atoms with E-state index in [4.69, 9.17) is 11.6 Å². The van der Waals surface area contributed by atoms with Gasteiger partial charge < -0.3 is 16.0 Å². The second kappa shape index (κ2) is 6.07. The van der Waals surface area contributed by atoms with Crippen LogP contribution in [-0.4, -0.2) is 26.2 Å². The molecule has 1 aliphatic rings. The molecule has 5 heteroatoms. The van der Waals surface area contributed by atoms with E-state index < -0.39 is 0 Å². The number of nitrogens with one attached hydrogen (secondary N) is 3. The average molecular weight is 268 g/mol. The van der Waals surface area contributed by atoms with Crippen LogP contribution in [0.25, 0.3) is 0 Å². The first-order valence-corrected chi connectivity index (χ1v) is 6.56. The molecule has 98 valence electrons. The van der Waals surface area contributed by atoms with Gasteiger partial charge in [0.05, 0.1) is 6.04 Å². The molecule has 1 atom stereocenters. The number of benzene rings is 1. The summed E-state index contributed by atoms with van der Waals surface area (Å²) in [6.07, 6.45) is 1.91. The van der Waals surface area contributed by atoms with Crippen molar-refractivity contribution in [3.05, 3.63) is 34.3 Å². The maximum Gasteiger partial charge on any atom is 0.315 e. The van der Waals surface area contributed by atoms with E-state index in [1.165, 1.54) is 11.1 Å². The Labute approximate surface area is 112 Å². The van der Waals surface area contributed by atoms with Crippen LogP contribution in [0.15, 0.2) is 18.2 Å². The standard InChI is InChI=1S/C13H18ClN3O/c1-15-6-7-16-13(18)17-12-5-2-9-8-10(14)3-4-11(9)12/h3-4,8,12,15H,2,5-7H2,1H3,(H2,16,17,18). The van der Waals surface area contributed by atoms with Gasteiger partial charge in [-0.3, -0.25) is 0 Å². The molecule has 0 aromatic heterocycles. The first-order chi connectivity index (χ1) is 8.70. The smallest absolute Gasteiger partial charge is 0.315 e. The molecule has 0 fully saturated rings. The fourth-order valence-corrected chi connectivity index (χ4v) is 2.44. The van der Waals surface area contributed by atoms with Gasteiger partial charge in [-0.25, -0.2) is 4.79 Å². The Balaban J connectivity index is 1.91. The number of aryl methyl sites for hydroxylation is 1. The van der Waals surface area contributed by atoms with Crippen molar-refractivity contribution in [2.75, 3.05) is 20.1 Å². The Bertz CT molecular complexity index is 436. The van der Waals surface area contributed by atoms with E-state index in [-0.39, 0.29) is 12.1 Å². The van der Waals surface area contributed by atoms with Crippen LogP contribution in [0.3, 0.4) is 0 Å². The first-order valence-electron chi connectivity index (χ1n) is 6.18. The number of carbonyl (C=O) groups excluding carboxylic acids is 1. The fraction of sp³-hybridized carbons (Fsp3) is 0.462. The highest BCUT2D eigenvalue weighted by molar-refractivity contribution is 6.30. The van der Waals surface area contributed by atoms with Crippen molar-refractivity contribution in [1.82, 2.24) is 16.0 Å². The molecule has 0 bridgehead atoms. The van der Waals surface area contributed by atoms with Crippen LogP contribution in [0.5, 0.6) is 0 Å². The van der Waals surface area contributed by atoms with Gasteiger partial charge in [-0.2, -0.15) is 0 Å².